The Bertz CT molecular complexity index is 852. The summed E-state index contributed by atoms with van der Waals surface area (Å²) in [6, 6.07) is 7.21. The number of nitro benzene ring substituents is 2. The van der Waals surface area contributed by atoms with Crippen LogP contribution in [-0.2, 0) is 6.18 Å². The van der Waals surface area contributed by atoms with Gasteiger partial charge in [-0.15, -0.1) is 0 Å². The molecule has 0 aliphatic carbocycles. The number of hydrogen-bond acceptors (Lipinski definition) is 5. The van der Waals surface area contributed by atoms with Gasteiger partial charge in [0.15, 0.2) is 0 Å². The Kier molecular flexibility index (Phi) is 4.64. The summed E-state index contributed by atoms with van der Waals surface area (Å²) < 4.78 is 40.3. The molecule has 0 radical (unpaired) electrons. The van der Waals surface area contributed by atoms with Crippen LogP contribution in [-0.4, -0.2) is 16.9 Å². The Balaban J connectivity index is 2.85. The normalized spacial score (nSPS) is 11.2. The Morgan fingerprint density at radius 2 is 1.64 bits per heavy atom. The summed E-state index contributed by atoms with van der Waals surface area (Å²) >= 11 is 0. The van der Waals surface area contributed by atoms with E-state index in [1.807, 2.05) is 0 Å². The maximum Gasteiger partial charge on any atom is 0.418 e. The fourth-order valence-corrected chi connectivity index (χ4v) is 2.48. The first-order chi connectivity index (χ1) is 11.5. The van der Waals surface area contributed by atoms with E-state index < -0.39 is 38.6 Å². The van der Waals surface area contributed by atoms with Gasteiger partial charge in [0.05, 0.1) is 21.5 Å². The van der Waals surface area contributed by atoms with Crippen molar-refractivity contribution in [3.63, 3.8) is 0 Å². The standard InChI is InChI=1S/C15H12F3N3O4/c1-9-5-3-4-6-12(9)19(2)14-11(15(16,17)18)7-10(20(22)23)8-13(14)21(24)25/h3-8H,1-2H3. The zero-order valence-electron chi connectivity index (χ0n) is 13.1. The highest BCUT2D eigenvalue weighted by atomic mass is 19.4. The predicted octanol–water partition coefficient (Wildman–Crippen LogP) is 4.60. The van der Waals surface area contributed by atoms with Crippen LogP contribution in [0.15, 0.2) is 36.4 Å². The molecule has 7 nitrogen and oxygen atoms in total. The number of para-hydroxylation sites is 1. The van der Waals surface area contributed by atoms with Crippen LogP contribution < -0.4 is 4.90 Å². The van der Waals surface area contributed by atoms with Crippen LogP contribution >= 0.6 is 0 Å². The zero-order valence-corrected chi connectivity index (χ0v) is 13.1. The van der Waals surface area contributed by atoms with Crippen LogP contribution in [0.25, 0.3) is 0 Å². The van der Waals surface area contributed by atoms with Gasteiger partial charge in [-0.25, -0.2) is 0 Å². The smallest absolute Gasteiger partial charge is 0.338 e. The molecule has 0 saturated heterocycles. The Labute approximate surface area is 139 Å². The molecule has 0 heterocycles. The van der Waals surface area contributed by atoms with Crippen molar-refractivity contribution in [1.29, 1.82) is 0 Å². The third-order valence-electron chi connectivity index (χ3n) is 3.60. The monoisotopic (exact) mass is 355 g/mol. The SMILES string of the molecule is Cc1ccccc1N(C)c1c([N+](=O)[O-])cc([N+](=O)[O-])cc1C(F)(F)F. The van der Waals surface area contributed by atoms with E-state index in [9.17, 15) is 33.4 Å². The number of halogens is 3. The van der Waals surface area contributed by atoms with Crippen LogP contribution in [0.5, 0.6) is 0 Å². The molecule has 25 heavy (non-hydrogen) atoms. The number of nitrogens with zero attached hydrogens (tertiary/aromatic N) is 3. The quantitative estimate of drug-likeness (QED) is 0.591. The lowest BCUT2D eigenvalue weighted by Gasteiger charge is -2.24. The number of nitro groups is 2. The first-order valence-corrected chi connectivity index (χ1v) is 6.87. The molecule has 2 rings (SSSR count). The molecule has 0 amide bonds. The molecule has 0 saturated carbocycles. The number of alkyl halides is 3. The molecule has 0 bridgehead atoms. The lowest BCUT2D eigenvalue weighted by molar-refractivity contribution is -0.394. The molecule has 10 heteroatoms. The fourth-order valence-electron chi connectivity index (χ4n) is 2.48. The van der Waals surface area contributed by atoms with E-state index in [1.54, 1.807) is 25.1 Å². The Morgan fingerprint density at radius 3 is 2.12 bits per heavy atom. The fraction of sp³-hybridized carbons (Fsp3) is 0.200. The van der Waals surface area contributed by atoms with Crippen molar-refractivity contribution in [1.82, 2.24) is 0 Å². The largest absolute Gasteiger partial charge is 0.418 e. The zero-order chi connectivity index (χ0) is 18.9. The van der Waals surface area contributed by atoms with Gasteiger partial charge in [-0.3, -0.25) is 20.2 Å². The van der Waals surface area contributed by atoms with Crippen molar-refractivity contribution in [2.24, 2.45) is 0 Å². The second-order valence-corrected chi connectivity index (χ2v) is 5.22. The van der Waals surface area contributed by atoms with Crippen molar-refractivity contribution in [3.8, 4) is 0 Å². The van der Waals surface area contributed by atoms with Crippen LogP contribution in [0.4, 0.5) is 35.9 Å². The highest BCUT2D eigenvalue weighted by Gasteiger charge is 2.41. The lowest BCUT2D eigenvalue weighted by Crippen LogP contribution is -2.19. The molecule has 132 valence electrons. The van der Waals surface area contributed by atoms with E-state index >= 15 is 0 Å². The first kappa shape index (κ1) is 18.2. The molecule has 2 aromatic rings. The van der Waals surface area contributed by atoms with Gasteiger partial charge >= 0.3 is 6.18 Å². The van der Waals surface area contributed by atoms with E-state index in [2.05, 4.69) is 0 Å². The van der Waals surface area contributed by atoms with Gasteiger partial charge in [-0.05, 0) is 18.6 Å². The maximum absolute atomic E-state index is 13.4. The topological polar surface area (TPSA) is 89.5 Å². The van der Waals surface area contributed by atoms with Gasteiger partial charge in [0, 0.05) is 18.8 Å². The molecule has 0 unspecified atom stereocenters. The Morgan fingerprint density at radius 1 is 1.04 bits per heavy atom. The van der Waals surface area contributed by atoms with E-state index in [-0.39, 0.29) is 0 Å². The number of anilines is 2. The third-order valence-corrected chi connectivity index (χ3v) is 3.60. The molecule has 0 fully saturated rings. The van der Waals surface area contributed by atoms with Gasteiger partial charge in [-0.1, -0.05) is 18.2 Å². The number of non-ortho nitro benzene ring substituents is 1. The number of rotatable bonds is 4. The van der Waals surface area contributed by atoms with Crippen molar-refractivity contribution < 1.29 is 23.0 Å². The minimum Gasteiger partial charge on any atom is -0.338 e. The predicted molar refractivity (Wildman–Crippen MR) is 84.0 cm³/mol. The average Bonchev–Trinajstić information content (AvgIpc) is 2.52. The van der Waals surface area contributed by atoms with Gasteiger partial charge in [0.1, 0.15) is 5.69 Å². The summed E-state index contributed by atoms with van der Waals surface area (Å²) in [5, 5.41) is 22.1. The second kappa shape index (κ2) is 6.38. The van der Waals surface area contributed by atoms with Crippen molar-refractivity contribution in [3.05, 3.63) is 67.8 Å². The molecule has 2 aromatic carbocycles. The van der Waals surface area contributed by atoms with Crippen molar-refractivity contribution in [2.45, 2.75) is 13.1 Å². The van der Waals surface area contributed by atoms with E-state index in [0.29, 0.717) is 23.4 Å². The summed E-state index contributed by atoms with van der Waals surface area (Å²) in [5.74, 6) is 0. The second-order valence-electron chi connectivity index (χ2n) is 5.22. The van der Waals surface area contributed by atoms with E-state index in [0.717, 1.165) is 4.90 Å². The number of benzene rings is 2. The molecule has 0 atom stereocenters. The molecule has 0 aliphatic rings. The average molecular weight is 355 g/mol. The summed E-state index contributed by atoms with van der Waals surface area (Å²) in [7, 11) is 1.24. The highest BCUT2D eigenvalue weighted by Crippen LogP contribution is 2.46. The third kappa shape index (κ3) is 3.52. The molecule has 0 aliphatic heterocycles. The minimum atomic E-state index is -5.01. The highest BCUT2D eigenvalue weighted by molar-refractivity contribution is 5.78. The summed E-state index contributed by atoms with van der Waals surface area (Å²) in [6.45, 7) is 1.64. The van der Waals surface area contributed by atoms with E-state index in [4.69, 9.17) is 0 Å². The molecule has 0 aromatic heterocycles. The van der Waals surface area contributed by atoms with Crippen LogP contribution in [0.2, 0.25) is 0 Å². The number of aryl methyl sites for hydroxylation is 1. The summed E-state index contributed by atoms with van der Waals surface area (Å²) in [4.78, 5) is 21.0. The molecule has 0 spiro atoms. The van der Waals surface area contributed by atoms with Crippen molar-refractivity contribution in [2.75, 3.05) is 11.9 Å². The minimum absolute atomic E-state index is 0.303. The molecular formula is C15H12F3N3O4. The number of hydrogen-bond donors (Lipinski definition) is 0. The molecular weight excluding hydrogens is 343 g/mol. The summed E-state index contributed by atoms with van der Waals surface area (Å²) in [5.41, 5.74) is -3.29. The van der Waals surface area contributed by atoms with Crippen LogP contribution in [0.3, 0.4) is 0 Å². The van der Waals surface area contributed by atoms with Gasteiger partial charge in [-0.2, -0.15) is 13.2 Å². The van der Waals surface area contributed by atoms with Gasteiger partial charge in [0.25, 0.3) is 11.4 Å². The first-order valence-electron chi connectivity index (χ1n) is 6.87. The maximum atomic E-state index is 13.4. The Hall–Kier alpha value is -3.17. The summed E-state index contributed by atoms with van der Waals surface area (Å²) in [6.07, 6.45) is -5.01. The van der Waals surface area contributed by atoms with Gasteiger partial charge < -0.3 is 4.90 Å². The molecule has 0 N–H and O–H groups in total. The lowest BCUT2D eigenvalue weighted by atomic mass is 10.1. The van der Waals surface area contributed by atoms with Crippen LogP contribution in [0.1, 0.15) is 11.1 Å². The van der Waals surface area contributed by atoms with Crippen LogP contribution in [0, 0.1) is 27.2 Å². The van der Waals surface area contributed by atoms with E-state index in [1.165, 1.54) is 13.1 Å². The van der Waals surface area contributed by atoms with Gasteiger partial charge in [0.2, 0.25) is 0 Å². The van der Waals surface area contributed by atoms with Crippen molar-refractivity contribution >= 4 is 22.7 Å².